The van der Waals surface area contributed by atoms with Crippen LogP contribution in [0.4, 0.5) is 0 Å². The fourth-order valence-corrected chi connectivity index (χ4v) is 2.22. The van der Waals surface area contributed by atoms with E-state index >= 15 is 0 Å². The highest BCUT2D eigenvalue weighted by Gasteiger charge is 2.01. The molecule has 0 aliphatic heterocycles. The maximum absolute atomic E-state index is 11.6. The van der Waals surface area contributed by atoms with Crippen molar-refractivity contribution in [2.24, 2.45) is 0 Å². The fourth-order valence-electron chi connectivity index (χ4n) is 2.22. The zero-order valence-electron chi connectivity index (χ0n) is 13.4. The van der Waals surface area contributed by atoms with E-state index in [0.717, 1.165) is 31.2 Å². The maximum Gasteiger partial charge on any atom is 0.330 e. The van der Waals surface area contributed by atoms with Crippen molar-refractivity contribution in [2.75, 3.05) is 6.61 Å². The van der Waals surface area contributed by atoms with Gasteiger partial charge in [0.25, 0.3) is 0 Å². The van der Waals surface area contributed by atoms with Gasteiger partial charge < -0.3 is 4.74 Å². The third kappa shape index (κ3) is 7.69. The molecule has 0 heterocycles. The highest BCUT2D eigenvalue weighted by molar-refractivity contribution is 5.87. The average Bonchev–Trinajstić information content (AvgIpc) is 2.51. The van der Waals surface area contributed by atoms with E-state index in [4.69, 9.17) is 4.74 Å². The molecule has 0 saturated carbocycles. The topological polar surface area (TPSA) is 26.3 Å². The molecule has 0 bridgehead atoms. The van der Waals surface area contributed by atoms with E-state index in [1.807, 2.05) is 12.1 Å². The maximum atomic E-state index is 11.6. The Kier molecular flexibility index (Phi) is 9.26. The highest BCUT2D eigenvalue weighted by atomic mass is 16.5. The summed E-state index contributed by atoms with van der Waals surface area (Å²) in [4.78, 5) is 11.6. The smallest absolute Gasteiger partial charge is 0.330 e. The molecule has 0 N–H and O–H groups in total. The standard InChI is InChI=1S/C19H28O2/c1-3-5-7-11-17-12-8-9-13-18(17)14-15-19(20)21-16-10-6-4-2/h8-9,12-15H,3-7,10-11,16H2,1-2H3/b15-14+. The molecule has 1 rings (SSSR count). The number of ether oxygens (including phenoxy) is 1. The second kappa shape index (κ2) is 11.1. The first kappa shape index (κ1) is 17.5. The van der Waals surface area contributed by atoms with Gasteiger partial charge in [0.05, 0.1) is 6.61 Å². The van der Waals surface area contributed by atoms with Crippen LogP contribution in [0.15, 0.2) is 30.3 Å². The molecule has 0 amide bonds. The van der Waals surface area contributed by atoms with Crippen LogP contribution in [-0.2, 0) is 16.0 Å². The minimum absolute atomic E-state index is 0.241. The minimum atomic E-state index is -0.241. The number of aryl methyl sites for hydroxylation is 1. The first-order valence-corrected chi connectivity index (χ1v) is 8.20. The van der Waals surface area contributed by atoms with Gasteiger partial charge in [-0.2, -0.15) is 0 Å². The van der Waals surface area contributed by atoms with Crippen LogP contribution >= 0.6 is 0 Å². The first-order valence-electron chi connectivity index (χ1n) is 8.20. The average molecular weight is 288 g/mol. The molecule has 2 nitrogen and oxygen atoms in total. The summed E-state index contributed by atoms with van der Waals surface area (Å²) in [7, 11) is 0. The molecule has 0 fully saturated rings. The predicted octanol–water partition coefficient (Wildman–Crippen LogP) is 5.17. The monoisotopic (exact) mass is 288 g/mol. The molecule has 116 valence electrons. The molecule has 0 unspecified atom stereocenters. The Morgan fingerprint density at radius 2 is 1.76 bits per heavy atom. The second-order valence-corrected chi connectivity index (χ2v) is 5.36. The Balaban J connectivity index is 2.48. The van der Waals surface area contributed by atoms with Crippen molar-refractivity contribution >= 4 is 12.0 Å². The number of rotatable bonds is 10. The van der Waals surface area contributed by atoms with Gasteiger partial charge in [0.15, 0.2) is 0 Å². The van der Waals surface area contributed by atoms with Crippen LogP contribution in [-0.4, -0.2) is 12.6 Å². The van der Waals surface area contributed by atoms with Crippen LogP contribution < -0.4 is 0 Å². The number of hydrogen-bond donors (Lipinski definition) is 0. The molecule has 2 heteroatoms. The minimum Gasteiger partial charge on any atom is -0.463 e. The normalized spacial score (nSPS) is 11.0. The first-order chi connectivity index (χ1) is 10.3. The van der Waals surface area contributed by atoms with Crippen LogP contribution in [0.25, 0.3) is 6.08 Å². The Morgan fingerprint density at radius 1 is 1.05 bits per heavy atom. The summed E-state index contributed by atoms with van der Waals surface area (Å²) in [5, 5.41) is 0. The van der Waals surface area contributed by atoms with Crippen molar-refractivity contribution in [1.29, 1.82) is 0 Å². The molecule has 0 aromatic heterocycles. The van der Waals surface area contributed by atoms with E-state index in [9.17, 15) is 4.79 Å². The molecule has 0 atom stereocenters. The number of carbonyl (C=O) groups is 1. The summed E-state index contributed by atoms with van der Waals surface area (Å²) < 4.78 is 5.18. The van der Waals surface area contributed by atoms with E-state index in [0.29, 0.717) is 6.61 Å². The van der Waals surface area contributed by atoms with Crippen LogP contribution in [0.5, 0.6) is 0 Å². The lowest BCUT2D eigenvalue weighted by molar-refractivity contribution is -0.137. The molecular formula is C19H28O2. The molecule has 0 radical (unpaired) electrons. The predicted molar refractivity (Wildman–Crippen MR) is 89.2 cm³/mol. The summed E-state index contributed by atoms with van der Waals surface area (Å²) in [6.45, 7) is 4.87. The summed E-state index contributed by atoms with van der Waals surface area (Å²) >= 11 is 0. The zero-order chi connectivity index (χ0) is 15.3. The van der Waals surface area contributed by atoms with Gasteiger partial charge in [-0.05, 0) is 36.5 Å². The molecule has 0 spiro atoms. The summed E-state index contributed by atoms with van der Waals surface area (Å²) in [6, 6.07) is 8.27. The lowest BCUT2D eigenvalue weighted by Crippen LogP contribution is -2.02. The Labute approximate surface area is 129 Å². The largest absolute Gasteiger partial charge is 0.463 e. The van der Waals surface area contributed by atoms with Crippen LogP contribution in [0, 0.1) is 0 Å². The summed E-state index contributed by atoms with van der Waals surface area (Å²) in [5.41, 5.74) is 2.43. The zero-order valence-corrected chi connectivity index (χ0v) is 13.4. The van der Waals surface area contributed by atoms with Crippen LogP contribution in [0.3, 0.4) is 0 Å². The van der Waals surface area contributed by atoms with Crippen molar-refractivity contribution in [2.45, 2.75) is 58.8 Å². The number of hydrogen-bond acceptors (Lipinski definition) is 2. The molecule has 1 aromatic carbocycles. The SMILES string of the molecule is CCCCCOC(=O)/C=C/c1ccccc1CCCCC. The van der Waals surface area contributed by atoms with Gasteiger partial charge in [-0.3, -0.25) is 0 Å². The van der Waals surface area contributed by atoms with Gasteiger partial charge in [-0.1, -0.05) is 63.8 Å². The molecular weight excluding hydrogens is 260 g/mol. The lowest BCUT2D eigenvalue weighted by atomic mass is 10.0. The Bertz CT molecular complexity index is 435. The van der Waals surface area contributed by atoms with Crippen molar-refractivity contribution in [3.05, 3.63) is 41.5 Å². The molecule has 0 aliphatic rings. The van der Waals surface area contributed by atoms with Crippen molar-refractivity contribution < 1.29 is 9.53 Å². The molecule has 0 saturated heterocycles. The number of carbonyl (C=O) groups excluding carboxylic acids is 1. The quantitative estimate of drug-likeness (QED) is 0.337. The van der Waals surface area contributed by atoms with Gasteiger partial charge in [-0.15, -0.1) is 0 Å². The summed E-state index contributed by atoms with van der Waals surface area (Å²) in [6.07, 6.45) is 11.4. The van der Waals surface area contributed by atoms with E-state index in [1.54, 1.807) is 6.08 Å². The van der Waals surface area contributed by atoms with E-state index in [2.05, 4.69) is 32.0 Å². The third-order valence-corrected chi connectivity index (χ3v) is 3.50. The molecule has 1 aromatic rings. The number of benzene rings is 1. The highest BCUT2D eigenvalue weighted by Crippen LogP contribution is 2.14. The second-order valence-electron chi connectivity index (χ2n) is 5.36. The third-order valence-electron chi connectivity index (χ3n) is 3.50. The number of esters is 1. The van der Waals surface area contributed by atoms with Gasteiger partial charge in [0.1, 0.15) is 0 Å². The summed E-state index contributed by atoms with van der Waals surface area (Å²) in [5.74, 6) is -0.241. The van der Waals surface area contributed by atoms with E-state index in [1.165, 1.54) is 24.8 Å². The van der Waals surface area contributed by atoms with Gasteiger partial charge in [0, 0.05) is 6.08 Å². The Hall–Kier alpha value is -1.57. The Morgan fingerprint density at radius 3 is 2.52 bits per heavy atom. The molecule has 0 aliphatic carbocycles. The van der Waals surface area contributed by atoms with Gasteiger partial charge in [0.2, 0.25) is 0 Å². The van der Waals surface area contributed by atoms with Gasteiger partial charge >= 0.3 is 5.97 Å². The van der Waals surface area contributed by atoms with E-state index in [-0.39, 0.29) is 5.97 Å². The van der Waals surface area contributed by atoms with Crippen LogP contribution in [0.1, 0.15) is 63.5 Å². The number of unbranched alkanes of at least 4 members (excludes halogenated alkanes) is 4. The van der Waals surface area contributed by atoms with E-state index < -0.39 is 0 Å². The molecule has 21 heavy (non-hydrogen) atoms. The van der Waals surface area contributed by atoms with Crippen molar-refractivity contribution in [1.82, 2.24) is 0 Å². The van der Waals surface area contributed by atoms with Crippen molar-refractivity contribution in [3.63, 3.8) is 0 Å². The van der Waals surface area contributed by atoms with Crippen LogP contribution in [0.2, 0.25) is 0 Å². The van der Waals surface area contributed by atoms with Gasteiger partial charge in [-0.25, -0.2) is 4.79 Å². The van der Waals surface area contributed by atoms with Crippen molar-refractivity contribution in [3.8, 4) is 0 Å². The fraction of sp³-hybridized carbons (Fsp3) is 0.526. The lowest BCUT2D eigenvalue weighted by Gasteiger charge is -2.05.